The standard InChI is InChI=1S/C23H27FN4OS/c1-16(2)17(3)25-21(29)15-30-23-27-26-22(19-11-7-8-12-20(19)24)28(23)14-13-18-9-5-4-6-10-18/h4-12,16-17H,13-15H2,1-3H3,(H,25,29)/t17-/m0/s1. The summed E-state index contributed by atoms with van der Waals surface area (Å²) in [6, 6.07) is 16.7. The number of aromatic nitrogens is 3. The monoisotopic (exact) mass is 426 g/mol. The summed E-state index contributed by atoms with van der Waals surface area (Å²) in [5.74, 6) is 0.679. The van der Waals surface area contributed by atoms with Crippen LogP contribution in [0.3, 0.4) is 0 Å². The first-order valence-corrected chi connectivity index (χ1v) is 11.1. The lowest BCUT2D eigenvalue weighted by Crippen LogP contribution is -2.37. The van der Waals surface area contributed by atoms with Gasteiger partial charge in [0.2, 0.25) is 5.91 Å². The second-order valence-corrected chi connectivity index (χ2v) is 8.50. The smallest absolute Gasteiger partial charge is 0.230 e. The van der Waals surface area contributed by atoms with Crippen LogP contribution in [0.4, 0.5) is 4.39 Å². The Kier molecular flexibility index (Phi) is 7.63. The first kappa shape index (κ1) is 22.0. The maximum atomic E-state index is 14.4. The number of hydrogen-bond donors (Lipinski definition) is 1. The van der Waals surface area contributed by atoms with Crippen LogP contribution in [0, 0.1) is 11.7 Å². The van der Waals surface area contributed by atoms with Gasteiger partial charge < -0.3 is 9.88 Å². The largest absolute Gasteiger partial charge is 0.353 e. The van der Waals surface area contributed by atoms with E-state index in [-0.39, 0.29) is 23.5 Å². The lowest BCUT2D eigenvalue weighted by atomic mass is 10.1. The number of halogens is 1. The molecule has 1 heterocycles. The molecule has 30 heavy (non-hydrogen) atoms. The molecule has 3 rings (SSSR count). The molecule has 0 unspecified atom stereocenters. The van der Waals surface area contributed by atoms with Crippen LogP contribution >= 0.6 is 11.8 Å². The number of aryl methyl sites for hydroxylation is 1. The third kappa shape index (κ3) is 5.69. The van der Waals surface area contributed by atoms with E-state index in [1.807, 2.05) is 29.7 Å². The summed E-state index contributed by atoms with van der Waals surface area (Å²) < 4.78 is 16.3. The Labute approximate surface area is 181 Å². The van der Waals surface area contributed by atoms with Crippen molar-refractivity contribution in [1.29, 1.82) is 0 Å². The highest BCUT2D eigenvalue weighted by Crippen LogP contribution is 2.26. The molecule has 0 fully saturated rings. The van der Waals surface area contributed by atoms with Crippen LogP contribution in [-0.2, 0) is 17.8 Å². The molecule has 5 nitrogen and oxygen atoms in total. The second kappa shape index (κ2) is 10.4. The number of nitrogens with zero attached hydrogens (tertiary/aromatic N) is 3. The van der Waals surface area contributed by atoms with Gasteiger partial charge in [-0.3, -0.25) is 4.79 Å². The Morgan fingerprint density at radius 2 is 1.77 bits per heavy atom. The van der Waals surface area contributed by atoms with Gasteiger partial charge in [-0.1, -0.05) is 68.1 Å². The number of carbonyl (C=O) groups excluding carboxylic acids is 1. The Hall–Kier alpha value is -2.67. The zero-order chi connectivity index (χ0) is 21.5. The Morgan fingerprint density at radius 1 is 1.07 bits per heavy atom. The minimum atomic E-state index is -0.342. The van der Waals surface area contributed by atoms with Gasteiger partial charge >= 0.3 is 0 Å². The minimum Gasteiger partial charge on any atom is -0.353 e. The summed E-state index contributed by atoms with van der Waals surface area (Å²) >= 11 is 1.32. The molecular weight excluding hydrogens is 399 g/mol. The van der Waals surface area contributed by atoms with Crippen molar-refractivity contribution in [2.75, 3.05) is 5.75 Å². The van der Waals surface area contributed by atoms with Crippen molar-refractivity contribution < 1.29 is 9.18 Å². The third-order valence-corrected chi connectivity index (χ3v) is 5.99. The lowest BCUT2D eigenvalue weighted by molar-refractivity contribution is -0.119. The fraction of sp³-hybridized carbons (Fsp3) is 0.348. The summed E-state index contributed by atoms with van der Waals surface area (Å²) in [6.07, 6.45) is 0.754. The van der Waals surface area contributed by atoms with Gasteiger partial charge in [0, 0.05) is 12.6 Å². The maximum Gasteiger partial charge on any atom is 0.230 e. The molecule has 158 valence electrons. The fourth-order valence-corrected chi connectivity index (χ4v) is 3.69. The van der Waals surface area contributed by atoms with E-state index in [9.17, 15) is 9.18 Å². The van der Waals surface area contributed by atoms with Gasteiger partial charge in [0.25, 0.3) is 0 Å². The van der Waals surface area contributed by atoms with Crippen molar-refractivity contribution in [3.05, 3.63) is 66.0 Å². The normalized spacial score (nSPS) is 12.2. The van der Waals surface area contributed by atoms with Gasteiger partial charge in [-0.05, 0) is 37.0 Å². The summed E-state index contributed by atoms with van der Waals surface area (Å²) in [6.45, 7) is 6.72. The predicted molar refractivity (Wildman–Crippen MR) is 119 cm³/mol. The average molecular weight is 427 g/mol. The molecule has 0 aliphatic carbocycles. The third-order valence-electron chi connectivity index (χ3n) is 5.02. The van der Waals surface area contributed by atoms with Gasteiger partial charge in [-0.15, -0.1) is 10.2 Å². The number of amides is 1. The van der Waals surface area contributed by atoms with Crippen LogP contribution in [0.5, 0.6) is 0 Å². The fourth-order valence-electron chi connectivity index (χ4n) is 2.92. The number of thioether (sulfide) groups is 1. The number of rotatable bonds is 9. The van der Waals surface area contributed by atoms with Crippen LogP contribution in [0.1, 0.15) is 26.3 Å². The van der Waals surface area contributed by atoms with Crippen molar-refractivity contribution in [1.82, 2.24) is 20.1 Å². The van der Waals surface area contributed by atoms with Crippen LogP contribution in [0.2, 0.25) is 0 Å². The van der Waals surface area contributed by atoms with E-state index in [0.717, 1.165) is 6.42 Å². The van der Waals surface area contributed by atoms with Gasteiger partial charge in [-0.2, -0.15) is 0 Å². The van der Waals surface area contributed by atoms with Crippen LogP contribution in [0.15, 0.2) is 59.8 Å². The zero-order valence-electron chi connectivity index (χ0n) is 17.5. The molecule has 0 saturated heterocycles. The molecule has 0 aliphatic heterocycles. The van der Waals surface area contributed by atoms with E-state index < -0.39 is 0 Å². The number of hydrogen-bond acceptors (Lipinski definition) is 4. The van der Waals surface area contributed by atoms with E-state index in [0.29, 0.717) is 29.0 Å². The van der Waals surface area contributed by atoms with Crippen LogP contribution < -0.4 is 5.32 Å². The summed E-state index contributed by atoms with van der Waals surface area (Å²) in [5, 5.41) is 12.1. The zero-order valence-corrected chi connectivity index (χ0v) is 18.3. The van der Waals surface area contributed by atoms with E-state index >= 15 is 0 Å². The molecule has 1 amide bonds. The number of benzene rings is 2. The Morgan fingerprint density at radius 3 is 2.47 bits per heavy atom. The molecule has 0 aliphatic rings. The summed E-state index contributed by atoms with van der Waals surface area (Å²) in [4.78, 5) is 12.3. The molecule has 1 aromatic heterocycles. The molecule has 0 saturated carbocycles. The minimum absolute atomic E-state index is 0.0498. The molecule has 0 bridgehead atoms. The summed E-state index contributed by atoms with van der Waals surface area (Å²) in [7, 11) is 0. The molecular formula is C23H27FN4OS. The predicted octanol–water partition coefficient (Wildman–Crippen LogP) is 4.58. The van der Waals surface area contributed by atoms with Crippen molar-refractivity contribution >= 4 is 17.7 Å². The lowest BCUT2D eigenvalue weighted by Gasteiger charge is -2.17. The van der Waals surface area contributed by atoms with Gasteiger partial charge in [-0.25, -0.2) is 4.39 Å². The van der Waals surface area contributed by atoms with Crippen molar-refractivity contribution in [2.45, 2.75) is 44.9 Å². The second-order valence-electron chi connectivity index (χ2n) is 7.56. The Balaban J connectivity index is 1.80. The molecule has 0 spiro atoms. The molecule has 1 atom stereocenters. The topological polar surface area (TPSA) is 59.8 Å². The van der Waals surface area contributed by atoms with E-state index in [1.165, 1.54) is 23.4 Å². The quantitative estimate of drug-likeness (QED) is 0.509. The van der Waals surface area contributed by atoms with Crippen molar-refractivity contribution in [2.24, 2.45) is 5.92 Å². The maximum absolute atomic E-state index is 14.4. The average Bonchev–Trinajstić information content (AvgIpc) is 3.14. The van der Waals surface area contributed by atoms with Crippen molar-refractivity contribution in [3.63, 3.8) is 0 Å². The summed E-state index contributed by atoms with van der Waals surface area (Å²) in [5.41, 5.74) is 1.58. The highest BCUT2D eigenvalue weighted by Gasteiger charge is 2.19. The molecule has 0 radical (unpaired) electrons. The van der Waals surface area contributed by atoms with Gasteiger partial charge in [0.1, 0.15) is 5.82 Å². The van der Waals surface area contributed by atoms with Crippen LogP contribution in [0.25, 0.3) is 11.4 Å². The molecule has 7 heteroatoms. The van der Waals surface area contributed by atoms with Gasteiger partial charge in [0.05, 0.1) is 11.3 Å². The van der Waals surface area contributed by atoms with E-state index in [1.54, 1.807) is 18.2 Å². The highest BCUT2D eigenvalue weighted by molar-refractivity contribution is 7.99. The number of nitrogens with one attached hydrogen (secondary N) is 1. The number of carbonyl (C=O) groups is 1. The van der Waals surface area contributed by atoms with Crippen molar-refractivity contribution in [3.8, 4) is 11.4 Å². The highest BCUT2D eigenvalue weighted by atomic mass is 32.2. The SMILES string of the molecule is CC(C)[C@H](C)NC(=O)CSc1nnc(-c2ccccc2F)n1CCc1ccccc1. The van der Waals surface area contributed by atoms with E-state index in [2.05, 4.69) is 41.5 Å². The molecule has 3 aromatic rings. The van der Waals surface area contributed by atoms with Gasteiger partial charge in [0.15, 0.2) is 11.0 Å². The molecule has 2 aromatic carbocycles. The first-order valence-electron chi connectivity index (χ1n) is 10.1. The van der Waals surface area contributed by atoms with E-state index in [4.69, 9.17) is 0 Å². The Bertz CT molecular complexity index is 974. The van der Waals surface area contributed by atoms with Crippen LogP contribution in [-0.4, -0.2) is 32.5 Å². The molecule has 1 N–H and O–H groups in total. The first-order chi connectivity index (χ1) is 14.5.